The van der Waals surface area contributed by atoms with E-state index in [0.29, 0.717) is 0 Å². The summed E-state index contributed by atoms with van der Waals surface area (Å²) in [6.45, 7) is 0.732. The summed E-state index contributed by atoms with van der Waals surface area (Å²) in [5, 5.41) is 7.51. The molecule has 0 spiro atoms. The summed E-state index contributed by atoms with van der Waals surface area (Å²) >= 11 is 0. The van der Waals surface area contributed by atoms with E-state index >= 15 is 0 Å². The van der Waals surface area contributed by atoms with Crippen molar-refractivity contribution in [3.05, 3.63) is 11.7 Å². The summed E-state index contributed by atoms with van der Waals surface area (Å²) in [6.07, 6.45) is 7.19. The Morgan fingerprint density at radius 3 is 2.61 bits per heavy atom. The molecule has 18 heavy (non-hydrogen) atoms. The first kappa shape index (κ1) is 13.5. The lowest BCUT2D eigenvalue weighted by Crippen LogP contribution is -2.46. The molecule has 5 nitrogen and oxygen atoms in total. The Bertz CT molecular complexity index is 369. The Morgan fingerprint density at radius 1 is 1.28 bits per heavy atom. The monoisotopic (exact) mass is 252 g/mol. The van der Waals surface area contributed by atoms with Crippen molar-refractivity contribution in [2.75, 3.05) is 21.1 Å². The topological polar surface area (TPSA) is 54.2 Å². The molecule has 102 valence electrons. The van der Waals surface area contributed by atoms with Crippen molar-refractivity contribution in [2.24, 2.45) is 0 Å². The second-order valence-electron chi connectivity index (χ2n) is 5.61. The van der Waals surface area contributed by atoms with Crippen LogP contribution >= 0.6 is 0 Å². The second kappa shape index (κ2) is 5.80. The Balaban J connectivity index is 2.00. The minimum atomic E-state index is 0.167. The first-order valence-electron chi connectivity index (χ1n) is 6.79. The van der Waals surface area contributed by atoms with Crippen LogP contribution in [0.3, 0.4) is 0 Å². The Labute approximate surface area is 109 Å². The maximum atomic E-state index is 5.37. The van der Waals surface area contributed by atoms with Crippen LogP contribution in [-0.2, 0) is 13.0 Å². The summed E-state index contributed by atoms with van der Waals surface area (Å²) in [5.41, 5.74) is 0.167. The smallest absolute Gasteiger partial charge is 0.228 e. The molecule has 0 amide bonds. The van der Waals surface area contributed by atoms with Gasteiger partial charge in [0, 0.05) is 12.0 Å². The second-order valence-corrected chi connectivity index (χ2v) is 5.61. The van der Waals surface area contributed by atoms with Crippen molar-refractivity contribution < 1.29 is 4.52 Å². The van der Waals surface area contributed by atoms with Crippen LogP contribution < -0.4 is 5.32 Å². The fourth-order valence-corrected chi connectivity index (χ4v) is 2.74. The van der Waals surface area contributed by atoms with E-state index in [0.717, 1.165) is 24.7 Å². The van der Waals surface area contributed by atoms with Crippen LogP contribution in [0.1, 0.15) is 43.8 Å². The number of nitrogens with zero attached hydrogens (tertiary/aromatic N) is 3. The lowest BCUT2D eigenvalue weighted by atomic mass is 9.79. The third kappa shape index (κ3) is 3.29. The standard InChI is InChI=1S/C13H24N4O/c1-14-13(7-5-4-6-8-13)9-12-15-11(16-18-12)10-17(2)3/h14H,4-10H2,1-3H3. The highest BCUT2D eigenvalue weighted by molar-refractivity contribution is 4.99. The molecule has 1 saturated carbocycles. The zero-order valence-electron chi connectivity index (χ0n) is 11.7. The van der Waals surface area contributed by atoms with Crippen LogP contribution in [0.5, 0.6) is 0 Å². The molecule has 1 aromatic heterocycles. The van der Waals surface area contributed by atoms with Crippen molar-refractivity contribution in [3.8, 4) is 0 Å². The van der Waals surface area contributed by atoms with Crippen molar-refractivity contribution in [1.82, 2.24) is 20.4 Å². The van der Waals surface area contributed by atoms with Crippen LogP contribution in [0.4, 0.5) is 0 Å². The molecule has 1 aromatic rings. The van der Waals surface area contributed by atoms with Gasteiger partial charge >= 0.3 is 0 Å². The maximum absolute atomic E-state index is 5.37. The lowest BCUT2D eigenvalue weighted by molar-refractivity contribution is 0.220. The molecular weight excluding hydrogens is 228 g/mol. The van der Waals surface area contributed by atoms with E-state index in [-0.39, 0.29) is 5.54 Å². The van der Waals surface area contributed by atoms with Gasteiger partial charge in [-0.25, -0.2) is 0 Å². The summed E-state index contributed by atoms with van der Waals surface area (Å²) in [5.74, 6) is 1.54. The number of aromatic nitrogens is 2. The van der Waals surface area contributed by atoms with Gasteiger partial charge < -0.3 is 14.7 Å². The van der Waals surface area contributed by atoms with E-state index in [2.05, 4.69) is 15.5 Å². The van der Waals surface area contributed by atoms with Crippen molar-refractivity contribution in [2.45, 2.75) is 50.6 Å². The van der Waals surface area contributed by atoms with Crippen LogP contribution in [-0.4, -0.2) is 41.7 Å². The van der Waals surface area contributed by atoms with Gasteiger partial charge in [-0.2, -0.15) is 4.98 Å². The SMILES string of the molecule is CNC1(Cc2nc(CN(C)C)no2)CCCCC1. The van der Waals surface area contributed by atoms with E-state index in [1.807, 2.05) is 26.0 Å². The largest absolute Gasteiger partial charge is 0.339 e. The normalized spacial score (nSPS) is 19.3. The number of nitrogens with one attached hydrogen (secondary N) is 1. The first-order valence-corrected chi connectivity index (χ1v) is 6.79. The molecule has 1 fully saturated rings. The molecule has 0 unspecified atom stereocenters. The Hall–Kier alpha value is -0.940. The lowest BCUT2D eigenvalue weighted by Gasteiger charge is -2.36. The van der Waals surface area contributed by atoms with Gasteiger partial charge in [-0.3, -0.25) is 0 Å². The summed E-state index contributed by atoms with van der Waals surface area (Å²) in [6, 6.07) is 0. The highest BCUT2D eigenvalue weighted by Gasteiger charge is 2.32. The molecule has 1 aliphatic rings. The van der Waals surface area contributed by atoms with Crippen LogP contribution in [0.15, 0.2) is 4.52 Å². The highest BCUT2D eigenvalue weighted by atomic mass is 16.5. The van der Waals surface area contributed by atoms with E-state index < -0.39 is 0 Å². The van der Waals surface area contributed by atoms with Crippen molar-refractivity contribution in [3.63, 3.8) is 0 Å². The zero-order valence-corrected chi connectivity index (χ0v) is 11.7. The molecule has 1 N–H and O–H groups in total. The molecule has 0 aliphatic heterocycles. The number of likely N-dealkylation sites (N-methyl/N-ethyl adjacent to an activating group) is 1. The number of rotatable bonds is 5. The van der Waals surface area contributed by atoms with Gasteiger partial charge in [0.05, 0.1) is 6.54 Å². The third-order valence-electron chi connectivity index (χ3n) is 3.80. The fraction of sp³-hybridized carbons (Fsp3) is 0.846. The van der Waals surface area contributed by atoms with E-state index in [4.69, 9.17) is 4.52 Å². The minimum Gasteiger partial charge on any atom is -0.339 e. The third-order valence-corrected chi connectivity index (χ3v) is 3.80. The highest BCUT2D eigenvalue weighted by Crippen LogP contribution is 2.30. The van der Waals surface area contributed by atoms with Crippen LogP contribution in [0.25, 0.3) is 0 Å². The molecular formula is C13H24N4O. The first-order chi connectivity index (χ1) is 8.63. The van der Waals surface area contributed by atoms with E-state index in [1.165, 1.54) is 32.1 Å². The molecule has 5 heteroatoms. The zero-order chi connectivity index (χ0) is 13.0. The predicted molar refractivity (Wildman–Crippen MR) is 70.3 cm³/mol. The van der Waals surface area contributed by atoms with Crippen LogP contribution in [0.2, 0.25) is 0 Å². The molecule has 0 bridgehead atoms. The maximum Gasteiger partial charge on any atom is 0.228 e. The molecule has 1 aliphatic carbocycles. The average Bonchev–Trinajstić information content (AvgIpc) is 2.76. The fourth-order valence-electron chi connectivity index (χ4n) is 2.74. The average molecular weight is 252 g/mol. The number of hydrogen-bond donors (Lipinski definition) is 1. The molecule has 0 atom stereocenters. The molecule has 1 heterocycles. The summed E-state index contributed by atoms with van der Waals surface area (Å²) < 4.78 is 5.37. The Morgan fingerprint density at radius 2 is 2.00 bits per heavy atom. The van der Waals surface area contributed by atoms with E-state index in [9.17, 15) is 0 Å². The molecule has 2 rings (SSSR count). The van der Waals surface area contributed by atoms with Gasteiger partial charge in [0.15, 0.2) is 5.82 Å². The van der Waals surface area contributed by atoms with Gasteiger partial charge in [-0.1, -0.05) is 24.4 Å². The predicted octanol–water partition coefficient (Wildman–Crippen LogP) is 1.60. The quantitative estimate of drug-likeness (QED) is 0.862. The number of hydrogen-bond acceptors (Lipinski definition) is 5. The van der Waals surface area contributed by atoms with Crippen molar-refractivity contribution in [1.29, 1.82) is 0 Å². The summed E-state index contributed by atoms with van der Waals surface area (Å²) in [4.78, 5) is 6.52. The van der Waals surface area contributed by atoms with E-state index in [1.54, 1.807) is 0 Å². The van der Waals surface area contributed by atoms with Crippen LogP contribution in [0, 0.1) is 0 Å². The van der Waals surface area contributed by atoms with Gasteiger partial charge in [0.25, 0.3) is 0 Å². The Kier molecular flexibility index (Phi) is 4.35. The van der Waals surface area contributed by atoms with Gasteiger partial charge in [0.1, 0.15) is 0 Å². The minimum absolute atomic E-state index is 0.167. The molecule has 0 radical (unpaired) electrons. The van der Waals surface area contributed by atoms with Gasteiger partial charge in [0.2, 0.25) is 5.89 Å². The van der Waals surface area contributed by atoms with Gasteiger partial charge in [-0.15, -0.1) is 0 Å². The molecule has 0 saturated heterocycles. The molecule has 0 aromatic carbocycles. The van der Waals surface area contributed by atoms with Gasteiger partial charge in [-0.05, 0) is 34.0 Å². The summed E-state index contributed by atoms with van der Waals surface area (Å²) in [7, 11) is 6.06. The van der Waals surface area contributed by atoms with Crippen molar-refractivity contribution >= 4 is 0 Å².